The summed E-state index contributed by atoms with van der Waals surface area (Å²) in [7, 11) is 0. The van der Waals surface area contributed by atoms with Crippen LogP contribution in [-0.4, -0.2) is 17.6 Å². The number of ether oxygens (including phenoxy) is 1. The van der Waals surface area contributed by atoms with Gasteiger partial charge < -0.3 is 10.1 Å². The van der Waals surface area contributed by atoms with Crippen LogP contribution in [0.2, 0.25) is 0 Å². The second-order valence-electron chi connectivity index (χ2n) is 6.84. The third kappa shape index (κ3) is 6.81. The molecule has 154 valence electrons. The molecule has 0 aliphatic rings. The largest absolute Gasteiger partial charge is 0.494 e. The van der Waals surface area contributed by atoms with Gasteiger partial charge in [0.15, 0.2) is 5.11 Å². The van der Waals surface area contributed by atoms with Crippen molar-refractivity contribution in [2.75, 3.05) is 11.9 Å². The molecule has 0 spiro atoms. The second kappa shape index (κ2) is 11.1. The van der Waals surface area contributed by atoms with Gasteiger partial charge in [0.25, 0.3) is 5.91 Å². The lowest BCUT2D eigenvalue weighted by atomic mass is 10.1. The van der Waals surface area contributed by atoms with Crippen LogP contribution in [0.15, 0.2) is 72.8 Å². The maximum atomic E-state index is 12.4. The zero-order chi connectivity index (χ0) is 21.3. The maximum Gasteiger partial charge on any atom is 0.257 e. The molecule has 0 aliphatic heterocycles. The minimum Gasteiger partial charge on any atom is -0.494 e. The molecular weight excluding hydrogens is 507 g/mol. The Morgan fingerprint density at radius 1 is 1.03 bits per heavy atom. The molecule has 3 aromatic rings. The van der Waals surface area contributed by atoms with Crippen molar-refractivity contribution in [2.24, 2.45) is 0 Å². The summed E-state index contributed by atoms with van der Waals surface area (Å²) in [6, 6.07) is 23.5. The molecule has 0 saturated heterocycles. The van der Waals surface area contributed by atoms with Crippen molar-refractivity contribution in [2.45, 2.75) is 19.8 Å². The molecule has 0 radical (unpaired) electrons. The molecule has 0 fully saturated rings. The predicted octanol–water partition coefficient (Wildman–Crippen LogP) is 5.74. The Morgan fingerprint density at radius 3 is 2.60 bits per heavy atom. The highest BCUT2D eigenvalue weighted by Crippen LogP contribution is 2.18. The third-order valence-corrected chi connectivity index (χ3v) is 5.84. The number of aryl methyl sites for hydroxylation is 2. The number of halogens is 1. The van der Waals surface area contributed by atoms with Gasteiger partial charge >= 0.3 is 0 Å². The van der Waals surface area contributed by atoms with E-state index < -0.39 is 0 Å². The average Bonchev–Trinajstić information content (AvgIpc) is 2.74. The molecule has 6 heteroatoms. The molecule has 30 heavy (non-hydrogen) atoms. The van der Waals surface area contributed by atoms with Crippen molar-refractivity contribution < 1.29 is 9.53 Å². The van der Waals surface area contributed by atoms with E-state index in [1.807, 2.05) is 61.5 Å². The first-order chi connectivity index (χ1) is 14.5. The van der Waals surface area contributed by atoms with Crippen LogP contribution in [0, 0.1) is 10.5 Å². The highest BCUT2D eigenvalue weighted by molar-refractivity contribution is 14.1. The fourth-order valence-corrected chi connectivity index (χ4v) is 3.57. The van der Waals surface area contributed by atoms with E-state index in [0.717, 1.165) is 33.4 Å². The number of anilines is 1. The van der Waals surface area contributed by atoms with Gasteiger partial charge in [0.1, 0.15) is 5.75 Å². The van der Waals surface area contributed by atoms with Crippen molar-refractivity contribution >= 4 is 51.5 Å². The van der Waals surface area contributed by atoms with Crippen LogP contribution in [0.25, 0.3) is 0 Å². The van der Waals surface area contributed by atoms with Crippen molar-refractivity contribution in [1.29, 1.82) is 0 Å². The fraction of sp³-hybridized carbons (Fsp3) is 0.167. The van der Waals surface area contributed by atoms with E-state index in [-0.39, 0.29) is 11.0 Å². The second-order valence-corrected chi connectivity index (χ2v) is 8.41. The number of nitrogens with one attached hydrogen (secondary N) is 2. The molecule has 3 aromatic carbocycles. The van der Waals surface area contributed by atoms with Crippen LogP contribution < -0.4 is 15.4 Å². The fourth-order valence-electron chi connectivity index (χ4n) is 2.85. The first kappa shape index (κ1) is 22.2. The number of benzene rings is 3. The Morgan fingerprint density at radius 2 is 1.83 bits per heavy atom. The number of hydrogen-bond acceptors (Lipinski definition) is 3. The van der Waals surface area contributed by atoms with Crippen molar-refractivity contribution in [3.63, 3.8) is 0 Å². The minimum atomic E-state index is -0.237. The number of carbonyl (C=O) groups is 1. The molecule has 0 bridgehead atoms. The highest BCUT2D eigenvalue weighted by atomic mass is 127. The molecule has 2 N–H and O–H groups in total. The summed E-state index contributed by atoms with van der Waals surface area (Å²) in [5.41, 5.74) is 3.78. The van der Waals surface area contributed by atoms with Gasteiger partial charge in [0.2, 0.25) is 0 Å². The van der Waals surface area contributed by atoms with Gasteiger partial charge in [-0.2, -0.15) is 0 Å². The zero-order valence-electron chi connectivity index (χ0n) is 16.7. The summed E-state index contributed by atoms with van der Waals surface area (Å²) in [5, 5.41) is 6.01. The van der Waals surface area contributed by atoms with Crippen LogP contribution in [-0.2, 0) is 6.42 Å². The quantitative estimate of drug-likeness (QED) is 0.233. The normalized spacial score (nSPS) is 10.3. The monoisotopic (exact) mass is 530 g/mol. The molecule has 0 heterocycles. The summed E-state index contributed by atoms with van der Waals surface area (Å²) in [6.45, 7) is 2.64. The van der Waals surface area contributed by atoms with Gasteiger partial charge in [-0.25, -0.2) is 0 Å². The van der Waals surface area contributed by atoms with Crippen molar-refractivity contribution in [3.05, 3.63) is 93.1 Å². The highest BCUT2D eigenvalue weighted by Gasteiger charge is 2.09. The Labute approximate surface area is 196 Å². The van der Waals surface area contributed by atoms with Gasteiger partial charge in [-0.3, -0.25) is 10.1 Å². The number of thiocarbonyl (C=S) groups is 1. The topological polar surface area (TPSA) is 50.4 Å². The molecule has 4 nitrogen and oxygen atoms in total. The lowest BCUT2D eigenvalue weighted by Gasteiger charge is -2.12. The molecular formula is C24H23IN2O2S. The molecule has 3 rings (SSSR count). The van der Waals surface area contributed by atoms with E-state index in [2.05, 4.69) is 45.4 Å². The Bertz CT molecular complexity index is 1020. The van der Waals surface area contributed by atoms with E-state index in [4.69, 9.17) is 17.0 Å². The van der Waals surface area contributed by atoms with E-state index in [1.54, 1.807) is 6.07 Å². The lowest BCUT2D eigenvalue weighted by Crippen LogP contribution is -2.34. The molecule has 0 aromatic heterocycles. The third-order valence-electron chi connectivity index (χ3n) is 4.47. The Hall–Kier alpha value is -2.45. The zero-order valence-corrected chi connectivity index (χ0v) is 19.6. The van der Waals surface area contributed by atoms with Gasteiger partial charge in [-0.1, -0.05) is 42.5 Å². The standard InChI is InChI=1S/C24H23IN2O2S/c1-17-12-13-19(15-22(17)25)23(28)27-24(30)26-20-10-5-11-21(16-20)29-14-6-9-18-7-3-2-4-8-18/h2-5,7-8,10-13,15-16H,6,9,14H2,1H3,(H2,26,27,28,30). The molecule has 0 unspecified atom stereocenters. The van der Waals surface area contributed by atoms with Gasteiger partial charge in [0, 0.05) is 20.9 Å². The number of amides is 1. The number of carbonyl (C=O) groups excluding carboxylic acids is 1. The Balaban J connectivity index is 1.48. The minimum absolute atomic E-state index is 0.237. The molecule has 0 aliphatic carbocycles. The van der Waals surface area contributed by atoms with Crippen LogP contribution in [0.5, 0.6) is 5.75 Å². The Kier molecular flexibility index (Phi) is 8.21. The van der Waals surface area contributed by atoms with Gasteiger partial charge in [0.05, 0.1) is 6.61 Å². The van der Waals surface area contributed by atoms with Crippen molar-refractivity contribution in [1.82, 2.24) is 5.32 Å². The first-order valence-electron chi connectivity index (χ1n) is 9.66. The molecule has 1 amide bonds. The van der Waals surface area contributed by atoms with Crippen LogP contribution in [0.3, 0.4) is 0 Å². The van der Waals surface area contributed by atoms with E-state index in [1.165, 1.54) is 5.56 Å². The molecule has 0 saturated carbocycles. The van der Waals surface area contributed by atoms with Crippen molar-refractivity contribution in [3.8, 4) is 5.75 Å². The lowest BCUT2D eigenvalue weighted by molar-refractivity contribution is 0.0977. The van der Waals surface area contributed by atoms with Crippen LogP contribution in [0.4, 0.5) is 5.69 Å². The smallest absolute Gasteiger partial charge is 0.257 e. The molecule has 0 atom stereocenters. The van der Waals surface area contributed by atoms with Crippen LogP contribution >= 0.6 is 34.8 Å². The predicted molar refractivity (Wildman–Crippen MR) is 134 cm³/mol. The number of hydrogen-bond donors (Lipinski definition) is 2. The van der Waals surface area contributed by atoms with E-state index in [9.17, 15) is 4.79 Å². The van der Waals surface area contributed by atoms with E-state index >= 15 is 0 Å². The summed E-state index contributed by atoms with van der Waals surface area (Å²) >= 11 is 7.50. The SMILES string of the molecule is Cc1ccc(C(=O)NC(=S)Nc2cccc(OCCCc3ccccc3)c2)cc1I. The summed E-state index contributed by atoms with van der Waals surface area (Å²) in [4.78, 5) is 12.4. The van der Waals surface area contributed by atoms with Crippen LogP contribution in [0.1, 0.15) is 27.9 Å². The van der Waals surface area contributed by atoms with Gasteiger partial charge in [-0.15, -0.1) is 0 Å². The average molecular weight is 530 g/mol. The summed E-state index contributed by atoms with van der Waals surface area (Å²) in [5.74, 6) is 0.522. The summed E-state index contributed by atoms with van der Waals surface area (Å²) < 4.78 is 6.89. The number of rotatable bonds is 7. The first-order valence-corrected chi connectivity index (χ1v) is 11.2. The van der Waals surface area contributed by atoms with E-state index in [0.29, 0.717) is 12.2 Å². The summed E-state index contributed by atoms with van der Waals surface area (Å²) in [6.07, 6.45) is 1.92. The van der Waals surface area contributed by atoms with Gasteiger partial charge in [-0.05, 0) is 90.0 Å². The maximum absolute atomic E-state index is 12.4.